The van der Waals surface area contributed by atoms with Crippen LogP contribution in [0.5, 0.6) is 0 Å². The highest BCUT2D eigenvalue weighted by atomic mass is 16.5. The standard InChI is InChI=1S/C23H38O2/c1-20(2)11-7-5-6-8-12-21-14-16-22(17-15-21)13-9-10-18-23(3,4)25-19-24/h14-17,19-20H,5-13,18H2,1-4H3. The molecule has 0 saturated carbocycles. The van der Waals surface area contributed by atoms with Gasteiger partial charge in [-0.1, -0.05) is 63.8 Å². The molecule has 1 aromatic carbocycles. The molecule has 0 aliphatic heterocycles. The monoisotopic (exact) mass is 346 g/mol. The van der Waals surface area contributed by atoms with E-state index in [-0.39, 0.29) is 5.60 Å². The Hall–Kier alpha value is -1.31. The highest BCUT2D eigenvalue weighted by Gasteiger charge is 2.17. The molecule has 0 unspecified atom stereocenters. The minimum absolute atomic E-state index is 0.333. The highest BCUT2D eigenvalue weighted by Crippen LogP contribution is 2.18. The Kier molecular flexibility index (Phi) is 10.5. The lowest BCUT2D eigenvalue weighted by molar-refractivity contribution is -0.140. The van der Waals surface area contributed by atoms with Crippen LogP contribution in [-0.2, 0) is 22.4 Å². The molecule has 2 heteroatoms. The van der Waals surface area contributed by atoms with E-state index in [4.69, 9.17) is 4.74 Å². The summed E-state index contributed by atoms with van der Waals surface area (Å²) in [6.07, 6.45) is 12.2. The van der Waals surface area contributed by atoms with Crippen molar-refractivity contribution in [3.8, 4) is 0 Å². The average molecular weight is 347 g/mol. The summed E-state index contributed by atoms with van der Waals surface area (Å²) >= 11 is 0. The van der Waals surface area contributed by atoms with Gasteiger partial charge >= 0.3 is 0 Å². The molecule has 0 aromatic heterocycles. The Morgan fingerprint density at radius 3 is 1.92 bits per heavy atom. The van der Waals surface area contributed by atoms with Crippen LogP contribution < -0.4 is 0 Å². The fraction of sp³-hybridized carbons (Fsp3) is 0.696. The number of carbonyl (C=O) groups is 1. The van der Waals surface area contributed by atoms with Gasteiger partial charge in [-0.25, -0.2) is 0 Å². The fourth-order valence-corrected chi connectivity index (χ4v) is 3.18. The molecule has 142 valence electrons. The van der Waals surface area contributed by atoms with Gasteiger partial charge in [0.2, 0.25) is 0 Å². The van der Waals surface area contributed by atoms with E-state index < -0.39 is 0 Å². The van der Waals surface area contributed by atoms with E-state index in [2.05, 4.69) is 38.1 Å². The van der Waals surface area contributed by atoms with Gasteiger partial charge in [0.15, 0.2) is 0 Å². The van der Waals surface area contributed by atoms with E-state index >= 15 is 0 Å². The van der Waals surface area contributed by atoms with Crippen LogP contribution in [0.15, 0.2) is 24.3 Å². The molecule has 0 fully saturated rings. The lowest BCUT2D eigenvalue weighted by Crippen LogP contribution is -2.23. The van der Waals surface area contributed by atoms with Crippen LogP contribution in [0, 0.1) is 5.92 Å². The quantitative estimate of drug-likeness (QED) is 0.284. The zero-order chi connectivity index (χ0) is 18.5. The fourth-order valence-electron chi connectivity index (χ4n) is 3.18. The van der Waals surface area contributed by atoms with Gasteiger partial charge in [0.05, 0.1) is 0 Å². The summed E-state index contributed by atoms with van der Waals surface area (Å²) in [6.45, 7) is 9.12. The molecule has 1 aromatic rings. The van der Waals surface area contributed by atoms with Crippen LogP contribution >= 0.6 is 0 Å². The molecule has 0 saturated heterocycles. The van der Waals surface area contributed by atoms with Gasteiger partial charge in [0.25, 0.3) is 6.47 Å². The number of hydrogen-bond donors (Lipinski definition) is 0. The third-order valence-electron chi connectivity index (χ3n) is 4.88. The number of unbranched alkanes of at least 4 members (excludes halogenated alkanes) is 4. The number of carbonyl (C=O) groups excluding carboxylic acids is 1. The molecule has 0 aliphatic carbocycles. The van der Waals surface area contributed by atoms with Crippen LogP contribution in [0.3, 0.4) is 0 Å². The van der Waals surface area contributed by atoms with Gasteiger partial charge in [-0.05, 0) is 69.4 Å². The second-order valence-corrected chi connectivity index (χ2v) is 8.34. The maximum atomic E-state index is 10.4. The third-order valence-corrected chi connectivity index (χ3v) is 4.88. The maximum absolute atomic E-state index is 10.4. The number of hydrogen-bond acceptors (Lipinski definition) is 2. The van der Waals surface area contributed by atoms with Crippen molar-refractivity contribution in [3.05, 3.63) is 35.4 Å². The molecule has 0 aliphatic rings. The number of rotatable bonds is 14. The van der Waals surface area contributed by atoms with Crippen molar-refractivity contribution in [1.82, 2.24) is 0 Å². The van der Waals surface area contributed by atoms with E-state index in [1.54, 1.807) is 0 Å². The zero-order valence-electron chi connectivity index (χ0n) is 16.9. The van der Waals surface area contributed by atoms with Crippen LogP contribution in [0.1, 0.15) is 90.2 Å². The van der Waals surface area contributed by atoms with E-state index in [0.29, 0.717) is 6.47 Å². The second-order valence-electron chi connectivity index (χ2n) is 8.34. The van der Waals surface area contributed by atoms with Crippen LogP contribution in [0.2, 0.25) is 0 Å². The van der Waals surface area contributed by atoms with Crippen LogP contribution in [-0.4, -0.2) is 12.1 Å². The van der Waals surface area contributed by atoms with Gasteiger partial charge in [-0.2, -0.15) is 0 Å². The van der Waals surface area contributed by atoms with Crippen molar-refractivity contribution in [2.45, 2.75) is 97.5 Å². The van der Waals surface area contributed by atoms with E-state index in [1.165, 1.54) is 49.7 Å². The lowest BCUT2D eigenvalue weighted by Gasteiger charge is -2.22. The topological polar surface area (TPSA) is 26.3 Å². The molecule has 2 nitrogen and oxygen atoms in total. The van der Waals surface area contributed by atoms with Gasteiger partial charge < -0.3 is 4.74 Å². The summed E-state index contributed by atoms with van der Waals surface area (Å²) in [7, 11) is 0. The summed E-state index contributed by atoms with van der Waals surface area (Å²) in [5.41, 5.74) is 2.55. The highest BCUT2D eigenvalue weighted by molar-refractivity contribution is 5.38. The van der Waals surface area contributed by atoms with E-state index in [9.17, 15) is 4.79 Å². The molecule has 0 atom stereocenters. The van der Waals surface area contributed by atoms with Gasteiger partial charge in [0.1, 0.15) is 5.60 Å². The van der Waals surface area contributed by atoms with Crippen molar-refractivity contribution in [2.24, 2.45) is 5.92 Å². The number of ether oxygens (including phenoxy) is 1. The normalized spacial score (nSPS) is 11.7. The summed E-state index contributed by atoms with van der Waals surface area (Å²) < 4.78 is 5.09. The Bertz CT molecular complexity index is 459. The number of aryl methyl sites for hydroxylation is 2. The summed E-state index contributed by atoms with van der Waals surface area (Å²) in [5, 5.41) is 0. The first-order valence-corrected chi connectivity index (χ1v) is 10.1. The van der Waals surface area contributed by atoms with Crippen molar-refractivity contribution >= 4 is 6.47 Å². The van der Waals surface area contributed by atoms with E-state index in [0.717, 1.165) is 31.6 Å². The van der Waals surface area contributed by atoms with Crippen molar-refractivity contribution in [3.63, 3.8) is 0 Å². The molecule has 0 N–H and O–H groups in total. The molecule has 0 spiro atoms. The van der Waals surface area contributed by atoms with Crippen molar-refractivity contribution < 1.29 is 9.53 Å². The second kappa shape index (κ2) is 12.1. The van der Waals surface area contributed by atoms with Gasteiger partial charge in [-0.3, -0.25) is 4.79 Å². The molecule has 0 bridgehead atoms. The molecule has 1 rings (SSSR count). The first kappa shape index (κ1) is 21.7. The summed E-state index contributed by atoms with van der Waals surface area (Å²) in [5.74, 6) is 0.844. The average Bonchev–Trinajstić information content (AvgIpc) is 2.56. The van der Waals surface area contributed by atoms with Crippen molar-refractivity contribution in [1.29, 1.82) is 0 Å². The lowest BCUT2D eigenvalue weighted by atomic mass is 9.98. The Morgan fingerprint density at radius 1 is 0.880 bits per heavy atom. The minimum Gasteiger partial charge on any atom is -0.462 e. The Morgan fingerprint density at radius 2 is 1.40 bits per heavy atom. The summed E-state index contributed by atoms with van der Waals surface area (Å²) in [4.78, 5) is 10.4. The predicted octanol–water partition coefficient (Wildman–Crippen LogP) is 6.50. The minimum atomic E-state index is -0.333. The molecular weight excluding hydrogens is 308 g/mol. The Labute approximate surface area is 155 Å². The van der Waals surface area contributed by atoms with E-state index in [1.807, 2.05) is 13.8 Å². The largest absolute Gasteiger partial charge is 0.462 e. The van der Waals surface area contributed by atoms with Crippen molar-refractivity contribution in [2.75, 3.05) is 0 Å². The first-order valence-electron chi connectivity index (χ1n) is 10.1. The molecule has 0 heterocycles. The molecular formula is C23H38O2. The number of benzene rings is 1. The molecule has 25 heavy (non-hydrogen) atoms. The van der Waals surface area contributed by atoms with Crippen LogP contribution in [0.4, 0.5) is 0 Å². The smallest absolute Gasteiger partial charge is 0.293 e. The summed E-state index contributed by atoms with van der Waals surface area (Å²) in [6, 6.07) is 9.15. The molecule has 0 amide bonds. The maximum Gasteiger partial charge on any atom is 0.293 e. The first-order chi connectivity index (χ1) is 11.9. The van der Waals surface area contributed by atoms with Gasteiger partial charge in [-0.15, -0.1) is 0 Å². The van der Waals surface area contributed by atoms with Crippen LogP contribution in [0.25, 0.3) is 0 Å². The Balaban J connectivity index is 2.16. The van der Waals surface area contributed by atoms with Gasteiger partial charge in [0, 0.05) is 0 Å². The predicted molar refractivity (Wildman–Crippen MR) is 107 cm³/mol. The molecule has 0 radical (unpaired) electrons. The zero-order valence-corrected chi connectivity index (χ0v) is 16.9. The third kappa shape index (κ3) is 11.0. The SMILES string of the molecule is CC(C)CCCCCCc1ccc(CCCCC(C)(C)OC=O)cc1.